The zero-order valence-electron chi connectivity index (χ0n) is 8.63. The minimum Gasteiger partial charge on any atom is -0.480 e. The summed E-state index contributed by atoms with van der Waals surface area (Å²) in [5.74, 6) is 5.05. The summed E-state index contributed by atoms with van der Waals surface area (Å²) < 4.78 is 18.1. The van der Waals surface area contributed by atoms with E-state index < -0.39 is 5.82 Å². The van der Waals surface area contributed by atoms with Crippen LogP contribution in [0.2, 0.25) is 0 Å². The smallest absolute Gasteiger partial charge is 0.163 e. The van der Waals surface area contributed by atoms with Crippen molar-refractivity contribution in [3.8, 4) is 17.6 Å². The Morgan fingerprint density at radius 2 is 2.27 bits per heavy atom. The predicted molar refractivity (Wildman–Crippen MR) is 55.3 cm³/mol. The number of halogens is 1. The second-order valence-corrected chi connectivity index (χ2v) is 2.91. The third-order valence-electron chi connectivity index (χ3n) is 1.80. The molecule has 0 radical (unpaired) electrons. The fraction of sp³-hybridized carbons (Fsp3) is 0.250. The van der Waals surface area contributed by atoms with Gasteiger partial charge in [0.1, 0.15) is 18.2 Å². The first-order chi connectivity index (χ1) is 7.15. The molecule has 1 aromatic carbocycles. The molecule has 1 rings (SSSR count). The summed E-state index contributed by atoms with van der Waals surface area (Å²) in [6, 6.07) is 3.85. The van der Waals surface area contributed by atoms with Crippen molar-refractivity contribution in [2.24, 2.45) is 0 Å². The minimum atomic E-state index is -0.450. The summed E-state index contributed by atoms with van der Waals surface area (Å²) in [7, 11) is 0. The van der Waals surface area contributed by atoms with Gasteiger partial charge in [-0.2, -0.15) is 0 Å². The van der Waals surface area contributed by atoms with E-state index in [-0.39, 0.29) is 18.0 Å². The summed E-state index contributed by atoms with van der Waals surface area (Å²) in [5, 5.41) is 0. The number of carbonyl (C=O) groups is 1. The molecule has 0 aliphatic carbocycles. The lowest BCUT2D eigenvalue weighted by Crippen LogP contribution is -2.02. The van der Waals surface area contributed by atoms with Crippen LogP contribution in [0.1, 0.15) is 24.2 Å². The number of rotatable bonds is 3. The molecule has 0 saturated carbocycles. The lowest BCUT2D eigenvalue weighted by molar-refractivity contribution is 0.101. The van der Waals surface area contributed by atoms with E-state index in [1.165, 1.54) is 19.1 Å². The summed E-state index contributed by atoms with van der Waals surface area (Å²) in [6.07, 6.45) is 0. The van der Waals surface area contributed by atoms with E-state index in [0.717, 1.165) is 6.07 Å². The molecule has 0 bridgehead atoms. The van der Waals surface area contributed by atoms with Gasteiger partial charge in [0.15, 0.2) is 5.78 Å². The van der Waals surface area contributed by atoms with Gasteiger partial charge in [-0.3, -0.25) is 4.79 Å². The maximum atomic E-state index is 12.9. The molecule has 0 saturated heterocycles. The number of Topliss-reactive ketones (excluding diaryl/α,β-unsaturated/α-hetero) is 1. The topological polar surface area (TPSA) is 26.3 Å². The van der Waals surface area contributed by atoms with E-state index in [2.05, 4.69) is 11.8 Å². The number of ether oxygens (including phenoxy) is 1. The van der Waals surface area contributed by atoms with E-state index in [0.29, 0.717) is 5.75 Å². The van der Waals surface area contributed by atoms with Gasteiger partial charge in [0.05, 0.1) is 5.56 Å². The largest absolute Gasteiger partial charge is 0.480 e. The van der Waals surface area contributed by atoms with Crippen molar-refractivity contribution in [3.63, 3.8) is 0 Å². The molecule has 1 aromatic rings. The minimum absolute atomic E-state index is 0.197. The Hall–Kier alpha value is -1.82. The molecule has 2 nitrogen and oxygen atoms in total. The van der Waals surface area contributed by atoms with E-state index in [1.807, 2.05) is 0 Å². The SMILES string of the molecule is CC#CCOc1ccc(F)cc1C(C)=O. The van der Waals surface area contributed by atoms with E-state index >= 15 is 0 Å². The highest BCUT2D eigenvalue weighted by atomic mass is 19.1. The number of carbonyl (C=O) groups excluding carboxylic acids is 1. The van der Waals surface area contributed by atoms with Crippen molar-refractivity contribution in [1.29, 1.82) is 0 Å². The zero-order valence-corrected chi connectivity index (χ0v) is 8.63. The van der Waals surface area contributed by atoms with Gasteiger partial charge in [-0.1, -0.05) is 5.92 Å². The van der Waals surface area contributed by atoms with Gasteiger partial charge in [-0.25, -0.2) is 4.39 Å². The van der Waals surface area contributed by atoms with Gasteiger partial charge in [0.25, 0.3) is 0 Å². The average molecular weight is 206 g/mol. The Morgan fingerprint density at radius 3 is 2.87 bits per heavy atom. The molecule has 0 atom stereocenters. The molecule has 0 heterocycles. The second kappa shape index (κ2) is 5.16. The average Bonchev–Trinajstić information content (AvgIpc) is 2.20. The first kappa shape index (κ1) is 11.3. The predicted octanol–water partition coefficient (Wildman–Crippen LogP) is 2.43. The molecule has 0 aliphatic rings. The Bertz CT molecular complexity index is 427. The van der Waals surface area contributed by atoms with Gasteiger partial charge < -0.3 is 4.74 Å². The molecule has 0 aromatic heterocycles. The first-order valence-corrected chi connectivity index (χ1v) is 4.48. The summed E-state index contributed by atoms with van der Waals surface area (Å²) in [4.78, 5) is 11.2. The second-order valence-electron chi connectivity index (χ2n) is 2.91. The summed E-state index contributed by atoms with van der Waals surface area (Å²) in [6.45, 7) is 3.26. The highest BCUT2D eigenvalue weighted by Gasteiger charge is 2.09. The summed E-state index contributed by atoms with van der Waals surface area (Å²) >= 11 is 0. The molecule has 0 unspecified atom stereocenters. The number of benzene rings is 1. The van der Waals surface area contributed by atoms with Crippen LogP contribution in [0.25, 0.3) is 0 Å². The van der Waals surface area contributed by atoms with Gasteiger partial charge in [-0.15, -0.1) is 5.92 Å². The molecule has 15 heavy (non-hydrogen) atoms. The molecule has 0 spiro atoms. The third kappa shape index (κ3) is 3.10. The molecular formula is C12H11FO2. The van der Waals surface area contributed by atoms with Crippen LogP contribution < -0.4 is 4.74 Å². The Morgan fingerprint density at radius 1 is 1.53 bits per heavy atom. The molecule has 0 N–H and O–H groups in total. The quantitative estimate of drug-likeness (QED) is 0.560. The van der Waals surface area contributed by atoms with Crippen molar-refractivity contribution in [1.82, 2.24) is 0 Å². The highest BCUT2D eigenvalue weighted by molar-refractivity contribution is 5.96. The Kier molecular flexibility index (Phi) is 3.87. The van der Waals surface area contributed by atoms with Gasteiger partial charge >= 0.3 is 0 Å². The van der Waals surface area contributed by atoms with Crippen molar-refractivity contribution in [2.75, 3.05) is 6.61 Å². The highest BCUT2D eigenvalue weighted by Crippen LogP contribution is 2.19. The first-order valence-electron chi connectivity index (χ1n) is 4.48. The maximum Gasteiger partial charge on any atom is 0.163 e. The van der Waals surface area contributed by atoms with Crippen LogP contribution >= 0.6 is 0 Å². The van der Waals surface area contributed by atoms with Crippen molar-refractivity contribution < 1.29 is 13.9 Å². The van der Waals surface area contributed by atoms with Crippen LogP contribution in [-0.2, 0) is 0 Å². The molecule has 3 heteroatoms. The number of hydrogen-bond acceptors (Lipinski definition) is 2. The standard InChI is InChI=1S/C12H11FO2/c1-3-4-7-15-12-6-5-10(13)8-11(12)9(2)14/h5-6,8H,7H2,1-2H3. The number of ketones is 1. The van der Waals surface area contributed by atoms with Gasteiger partial charge in [0.2, 0.25) is 0 Å². The van der Waals surface area contributed by atoms with Crippen LogP contribution in [0.5, 0.6) is 5.75 Å². The van der Waals surface area contributed by atoms with Crippen LogP contribution in [-0.4, -0.2) is 12.4 Å². The third-order valence-corrected chi connectivity index (χ3v) is 1.80. The van der Waals surface area contributed by atoms with Crippen LogP contribution in [0.4, 0.5) is 4.39 Å². The molecule has 78 valence electrons. The molecule has 0 fully saturated rings. The van der Waals surface area contributed by atoms with Crippen LogP contribution in [0, 0.1) is 17.7 Å². The van der Waals surface area contributed by atoms with E-state index in [4.69, 9.17) is 4.74 Å². The normalized spacial score (nSPS) is 9.00. The summed E-state index contributed by atoms with van der Waals surface area (Å²) in [5.41, 5.74) is 0.243. The van der Waals surface area contributed by atoms with Crippen molar-refractivity contribution in [3.05, 3.63) is 29.6 Å². The lowest BCUT2D eigenvalue weighted by Gasteiger charge is -2.06. The van der Waals surface area contributed by atoms with Crippen molar-refractivity contribution in [2.45, 2.75) is 13.8 Å². The number of hydrogen-bond donors (Lipinski definition) is 0. The van der Waals surface area contributed by atoms with Crippen molar-refractivity contribution >= 4 is 5.78 Å². The maximum absolute atomic E-state index is 12.9. The van der Waals surface area contributed by atoms with Gasteiger partial charge in [-0.05, 0) is 32.0 Å². The zero-order chi connectivity index (χ0) is 11.3. The molecule has 0 aliphatic heterocycles. The Balaban J connectivity index is 2.94. The monoisotopic (exact) mass is 206 g/mol. The fourth-order valence-corrected chi connectivity index (χ4v) is 1.09. The molecular weight excluding hydrogens is 195 g/mol. The molecule has 0 amide bonds. The van der Waals surface area contributed by atoms with Crippen LogP contribution in [0.3, 0.4) is 0 Å². The van der Waals surface area contributed by atoms with Gasteiger partial charge in [0, 0.05) is 0 Å². The van der Waals surface area contributed by atoms with E-state index in [9.17, 15) is 9.18 Å². The Labute approximate surface area is 88.1 Å². The van der Waals surface area contributed by atoms with E-state index in [1.54, 1.807) is 6.92 Å². The lowest BCUT2D eigenvalue weighted by atomic mass is 10.1. The fourth-order valence-electron chi connectivity index (χ4n) is 1.09. The van der Waals surface area contributed by atoms with Crippen LogP contribution in [0.15, 0.2) is 18.2 Å².